The average Bonchev–Trinajstić information content (AvgIpc) is 2.78. The standard InChI is InChI=1S/C18H20N2O5S2/c1-12-8-13(2)10-15(9-12)19-27(24,25)17-5-4-16(11-14(17)3)20-18(21)6-7-26(20,22)23/h4-5,8-11,19H,6-7H2,1-3H3. The number of carbonyl (C=O) groups is 1. The normalized spacial score (nSPS) is 16.6. The summed E-state index contributed by atoms with van der Waals surface area (Å²) in [6.07, 6.45) is -0.0737. The molecule has 3 rings (SSSR count). The molecule has 27 heavy (non-hydrogen) atoms. The lowest BCUT2D eigenvalue weighted by atomic mass is 10.1. The van der Waals surface area contributed by atoms with Gasteiger partial charge >= 0.3 is 0 Å². The molecule has 1 aliphatic rings. The maximum absolute atomic E-state index is 12.8. The fourth-order valence-electron chi connectivity index (χ4n) is 3.17. The van der Waals surface area contributed by atoms with E-state index in [4.69, 9.17) is 0 Å². The maximum atomic E-state index is 12.8. The lowest BCUT2D eigenvalue weighted by molar-refractivity contribution is -0.116. The summed E-state index contributed by atoms with van der Waals surface area (Å²) < 4.78 is 52.9. The number of hydrogen-bond donors (Lipinski definition) is 1. The van der Waals surface area contributed by atoms with Crippen LogP contribution in [0.3, 0.4) is 0 Å². The fraction of sp³-hybridized carbons (Fsp3) is 0.278. The molecular weight excluding hydrogens is 388 g/mol. The first-order valence-corrected chi connectivity index (χ1v) is 11.4. The van der Waals surface area contributed by atoms with E-state index in [0.717, 1.165) is 15.4 Å². The largest absolute Gasteiger partial charge is 0.280 e. The van der Waals surface area contributed by atoms with Crippen LogP contribution in [0.1, 0.15) is 23.1 Å². The average molecular weight is 409 g/mol. The van der Waals surface area contributed by atoms with E-state index in [-0.39, 0.29) is 22.8 Å². The molecule has 9 heteroatoms. The van der Waals surface area contributed by atoms with Crippen LogP contribution in [-0.4, -0.2) is 28.5 Å². The zero-order valence-corrected chi connectivity index (χ0v) is 16.8. The van der Waals surface area contributed by atoms with Crippen LogP contribution in [-0.2, 0) is 24.8 Å². The fourth-order valence-corrected chi connectivity index (χ4v) is 5.89. The van der Waals surface area contributed by atoms with Gasteiger partial charge in [0.1, 0.15) is 0 Å². The second-order valence-corrected chi connectivity index (χ2v) is 10.2. The smallest absolute Gasteiger partial charge is 0.262 e. The maximum Gasteiger partial charge on any atom is 0.262 e. The monoisotopic (exact) mass is 408 g/mol. The molecule has 0 aromatic heterocycles. The van der Waals surface area contributed by atoms with E-state index in [1.165, 1.54) is 18.2 Å². The van der Waals surface area contributed by atoms with Crippen LogP contribution in [0.5, 0.6) is 0 Å². The number of rotatable bonds is 4. The zero-order chi connectivity index (χ0) is 20.0. The minimum Gasteiger partial charge on any atom is -0.280 e. The number of aryl methyl sites for hydroxylation is 3. The Kier molecular flexibility index (Phi) is 4.77. The highest BCUT2D eigenvalue weighted by atomic mass is 32.2. The van der Waals surface area contributed by atoms with Crippen molar-refractivity contribution in [3.05, 3.63) is 53.1 Å². The van der Waals surface area contributed by atoms with Crippen molar-refractivity contribution in [2.24, 2.45) is 0 Å². The number of nitrogens with zero attached hydrogens (tertiary/aromatic N) is 1. The summed E-state index contributed by atoms with van der Waals surface area (Å²) in [5, 5.41) is 0. The van der Waals surface area contributed by atoms with Gasteiger partial charge < -0.3 is 0 Å². The molecule has 0 aliphatic carbocycles. The molecular formula is C18H20N2O5S2. The van der Waals surface area contributed by atoms with Crippen molar-refractivity contribution in [2.75, 3.05) is 14.8 Å². The molecule has 1 N–H and O–H groups in total. The predicted octanol–water partition coefficient (Wildman–Crippen LogP) is 2.48. The van der Waals surface area contributed by atoms with Crippen molar-refractivity contribution in [1.82, 2.24) is 0 Å². The number of hydrogen-bond acceptors (Lipinski definition) is 5. The van der Waals surface area contributed by atoms with E-state index >= 15 is 0 Å². The number of amides is 1. The van der Waals surface area contributed by atoms with E-state index in [1.807, 2.05) is 19.9 Å². The highest BCUT2D eigenvalue weighted by molar-refractivity contribution is 7.94. The van der Waals surface area contributed by atoms with E-state index in [0.29, 0.717) is 11.3 Å². The summed E-state index contributed by atoms with van der Waals surface area (Å²) in [5.41, 5.74) is 2.81. The van der Waals surface area contributed by atoms with Crippen LogP contribution >= 0.6 is 0 Å². The molecule has 1 heterocycles. The molecule has 1 amide bonds. The molecule has 0 bridgehead atoms. The Balaban J connectivity index is 1.96. The minimum absolute atomic E-state index is 0.0226. The molecule has 0 atom stereocenters. The van der Waals surface area contributed by atoms with Crippen molar-refractivity contribution in [2.45, 2.75) is 32.1 Å². The van der Waals surface area contributed by atoms with Crippen LogP contribution in [0.25, 0.3) is 0 Å². The molecule has 0 spiro atoms. The summed E-state index contributed by atoms with van der Waals surface area (Å²) in [4.78, 5) is 11.9. The highest BCUT2D eigenvalue weighted by Gasteiger charge is 2.36. The third kappa shape index (κ3) is 3.84. The van der Waals surface area contributed by atoms with Gasteiger partial charge in [-0.1, -0.05) is 6.07 Å². The SMILES string of the molecule is Cc1cc(C)cc(NS(=O)(=O)c2ccc(N3C(=O)CCS3(=O)=O)cc2C)c1. The highest BCUT2D eigenvalue weighted by Crippen LogP contribution is 2.29. The Hall–Kier alpha value is -2.39. The van der Waals surface area contributed by atoms with Gasteiger partial charge in [-0.2, -0.15) is 0 Å². The van der Waals surface area contributed by atoms with Gasteiger partial charge in [0.15, 0.2) is 0 Å². The summed E-state index contributed by atoms with van der Waals surface area (Å²) in [5.74, 6) is -0.752. The summed E-state index contributed by atoms with van der Waals surface area (Å²) in [7, 11) is -7.56. The molecule has 2 aromatic rings. The van der Waals surface area contributed by atoms with Crippen molar-refractivity contribution in [3.63, 3.8) is 0 Å². The van der Waals surface area contributed by atoms with Gasteiger partial charge in [0, 0.05) is 12.1 Å². The van der Waals surface area contributed by atoms with Crippen molar-refractivity contribution < 1.29 is 21.6 Å². The Morgan fingerprint density at radius 1 is 1.00 bits per heavy atom. The van der Waals surface area contributed by atoms with Gasteiger partial charge in [0.25, 0.3) is 10.0 Å². The number of sulfonamides is 2. The quantitative estimate of drug-likeness (QED) is 0.838. The molecule has 1 saturated heterocycles. The summed E-state index contributed by atoms with van der Waals surface area (Å²) >= 11 is 0. The lowest BCUT2D eigenvalue weighted by Gasteiger charge is -2.17. The van der Waals surface area contributed by atoms with Crippen molar-refractivity contribution in [1.29, 1.82) is 0 Å². The summed E-state index contributed by atoms with van der Waals surface area (Å²) in [6, 6.07) is 9.44. The molecule has 0 saturated carbocycles. The topological polar surface area (TPSA) is 101 Å². The van der Waals surface area contributed by atoms with Crippen LogP contribution in [0.2, 0.25) is 0 Å². The van der Waals surface area contributed by atoms with E-state index in [2.05, 4.69) is 4.72 Å². The van der Waals surface area contributed by atoms with Crippen molar-refractivity contribution >= 4 is 37.3 Å². The van der Waals surface area contributed by atoms with Crippen LogP contribution in [0, 0.1) is 20.8 Å². The van der Waals surface area contributed by atoms with Gasteiger partial charge in [-0.05, 0) is 67.8 Å². The number of nitrogens with one attached hydrogen (secondary N) is 1. The molecule has 2 aromatic carbocycles. The van der Waals surface area contributed by atoms with Gasteiger partial charge in [-0.25, -0.2) is 21.1 Å². The second kappa shape index (κ2) is 6.65. The van der Waals surface area contributed by atoms with Gasteiger partial charge in [-0.15, -0.1) is 0 Å². The van der Waals surface area contributed by atoms with E-state index in [1.54, 1.807) is 19.1 Å². The van der Waals surface area contributed by atoms with Gasteiger partial charge in [0.05, 0.1) is 16.3 Å². The van der Waals surface area contributed by atoms with Gasteiger partial charge in [0.2, 0.25) is 15.9 Å². The van der Waals surface area contributed by atoms with Crippen LogP contribution in [0.15, 0.2) is 41.3 Å². The lowest BCUT2D eigenvalue weighted by Crippen LogP contribution is -2.29. The number of benzene rings is 2. The van der Waals surface area contributed by atoms with Crippen LogP contribution < -0.4 is 9.03 Å². The first-order valence-electron chi connectivity index (χ1n) is 8.27. The molecule has 0 radical (unpaired) electrons. The van der Waals surface area contributed by atoms with E-state index < -0.39 is 26.0 Å². The third-order valence-electron chi connectivity index (χ3n) is 4.24. The molecule has 1 fully saturated rings. The molecule has 7 nitrogen and oxygen atoms in total. The summed E-state index contributed by atoms with van der Waals surface area (Å²) in [6.45, 7) is 5.31. The first-order chi connectivity index (χ1) is 12.5. The predicted molar refractivity (Wildman–Crippen MR) is 104 cm³/mol. The molecule has 0 unspecified atom stereocenters. The zero-order valence-electron chi connectivity index (χ0n) is 15.2. The Morgan fingerprint density at radius 3 is 2.15 bits per heavy atom. The Morgan fingerprint density at radius 2 is 1.63 bits per heavy atom. The third-order valence-corrected chi connectivity index (χ3v) is 7.47. The molecule has 1 aliphatic heterocycles. The molecule has 144 valence electrons. The van der Waals surface area contributed by atoms with Crippen molar-refractivity contribution in [3.8, 4) is 0 Å². The Labute approximate surface area is 159 Å². The number of carbonyl (C=O) groups excluding carboxylic acids is 1. The number of anilines is 2. The minimum atomic E-state index is -3.86. The Bertz CT molecular complexity index is 1120. The van der Waals surface area contributed by atoms with Gasteiger partial charge in [-0.3, -0.25) is 9.52 Å². The van der Waals surface area contributed by atoms with Crippen LogP contribution in [0.4, 0.5) is 11.4 Å². The van der Waals surface area contributed by atoms with E-state index in [9.17, 15) is 21.6 Å². The first kappa shape index (κ1) is 19.4. The second-order valence-electron chi connectivity index (χ2n) is 6.66.